The molecule has 1 rings (SSSR count). The lowest BCUT2D eigenvalue weighted by Gasteiger charge is -2.30. The zero-order valence-corrected chi connectivity index (χ0v) is 13.1. The number of esters is 1. The smallest absolute Gasteiger partial charge is 0.331 e. The molecular formula is C13H24ClN3O4. The summed E-state index contributed by atoms with van der Waals surface area (Å²) in [5.41, 5.74) is 4.18. The Hall–Kier alpha value is -1.34. The maximum Gasteiger partial charge on any atom is 0.331 e. The third kappa shape index (κ3) is 5.89. The lowest BCUT2D eigenvalue weighted by atomic mass is 9.90. The second-order valence-electron chi connectivity index (χ2n) is 5.02. The van der Waals surface area contributed by atoms with Gasteiger partial charge in [0.1, 0.15) is 5.54 Å². The van der Waals surface area contributed by atoms with Crippen molar-refractivity contribution in [2.24, 2.45) is 5.73 Å². The number of nitrogens with two attached hydrogens (primary N) is 1. The molecule has 0 aromatic carbocycles. The van der Waals surface area contributed by atoms with Crippen LogP contribution in [0.2, 0.25) is 0 Å². The lowest BCUT2D eigenvalue weighted by molar-refractivity contribution is -0.151. The molecule has 0 radical (unpaired) electrons. The number of carbonyl (C=O) groups is 3. The molecule has 4 N–H and O–H groups in total. The van der Waals surface area contributed by atoms with Crippen molar-refractivity contribution in [3.63, 3.8) is 0 Å². The van der Waals surface area contributed by atoms with Crippen LogP contribution in [-0.4, -0.2) is 43.5 Å². The molecule has 0 spiro atoms. The summed E-state index contributed by atoms with van der Waals surface area (Å²) in [4.78, 5) is 34.9. The topological polar surface area (TPSA) is 111 Å². The van der Waals surface area contributed by atoms with Crippen molar-refractivity contribution in [2.45, 2.75) is 44.1 Å². The summed E-state index contributed by atoms with van der Waals surface area (Å²) in [5.74, 6) is -1.23. The highest BCUT2D eigenvalue weighted by Gasteiger charge is 2.40. The molecule has 2 amide bonds. The van der Waals surface area contributed by atoms with Crippen molar-refractivity contribution >= 4 is 30.2 Å². The van der Waals surface area contributed by atoms with Gasteiger partial charge in [0.2, 0.25) is 11.8 Å². The minimum atomic E-state index is -0.963. The van der Waals surface area contributed by atoms with Crippen LogP contribution in [0.3, 0.4) is 0 Å². The van der Waals surface area contributed by atoms with Crippen LogP contribution >= 0.6 is 12.4 Å². The van der Waals surface area contributed by atoms with Crippen molar-refractivity contribution in [1.82, 2.24) is 10.6 Å². The van der Waals surface area contributed by atoms with Gasteiger partial charge in [-0.3, -0.25) is 9.59 Å². The molecule has 7 nitrogen and oxygen atoms in total. The van der Waals surface area contributed by atoms with E-state index in [9.17, 15) is 14.4 Å². The fourth-order valence-corrected chi connectivity index (χ4v) is 2.47. The zero-order valence-electron chi connectivity index (χ0n) is 12.3. The third-order valence-electron chi connectivity index (χ3n) is 3.54. The van der Waals surface area contributed by atoms with Gasteiger partial charge in [-0.05, 0) is 12.8 Å². The number of carbonyl (C=O) groups excluding carboxylic acids is 3. The Morgan fingerprint density at radius 1 is 1.10 bits per heavy atom. The Balaban J connectivity index is 0.00000400. The Bertz CT molecular complexity index is 368. The molecule has 0 saturated heterocycles. The van der Waals surface area contributed by atoms with Crippen LogP contribution in [0.15, 0.2) is 0 Å². The second-order valence-corrected chi connectivity index (χ2v) is 5.02. The molecule has 21 heavy (non-hydrogen) atoms. The maximum atomic E-state index is 12.0. The molecule has 1 fully saturated rings. The van der Waals surface area contributed by atoms with Gasteiger partial charge in [-0.2, -0.15) is 0 Å². The average Bonchev–Trinajstić information content (AvgIpc) is 2.70. The van der Waals surface area contributed by atoms with Gasteiger partial charge in [0, 0.05) is 0 Å². The monoisotopic (exact) mass is 321 g/mol. The van der Waals surface area contributed by atoms with Gasteiger partial charge in [0.25, 0.3) is 0 Å². The quantitative estimate of drug-likeness (QED) is 0.482. The Kier molecular flexibility index (Phi) is 8.96. The first-order valence-electron chi connectivity index (χ1n) is 6.90. The highest BCUT2D eigenvalue weighted by molar-refractivity contribution is 5.90. The van der Waals surface area contributed by atoms with E-state index in [1.165, 1.54) is 7.11 Å². The largest absolute Gasteiger partial charge is 0.467 e. The number of rotatable bonds is 5. The summed E-state index contributed by atoms with van der Waals surface area (Å²) in [6, 6.07) is 0. The highest BCUT2D eigenvalue weighted by Crippen LogP contribution is 2.28. The van der Waals surface area contributed by atoms with Crippen LogP contribution in [-0.2, 0) is 19.1 Å². The van der Waals surface area contributed by atoms with E-state index in [-0.39, 0.29) is 25.5 Å². The SMILES string of the molecule is COC(=O)C1(NC(=O)CNC(=O)CN)CCCCCC1.Cl. The van der Waals surface area contributed by atoms with Gasteiger partial charge in [-0.15, -0.1) is 12.4 Å². The summed E-state index contributed by atoms with van der Waals surface area (Å²) >= 11 is 0. The minimum Gasteiger partial charge on any atom is -0.467 e. The second kappa shape index (κ2) is 9.57. The van der Waals surface area contributed by atoms with E-state index < -0.39 is 23.3 Å². The molecule has 0 heterocycles. The number of methoxy groups -OCH3 is 1. The van der Waals surface area contributed by atoms with Gasteiger partial charge in [-0.25, -0.2) is 4.79 Å². The predicted molar refractivity (Wildman–Crippen MR) is 79.9 cm³/mol. The van der Waals surface area contributed by atoms with Crippen LogP contribution in [0, 0.1) is 0 Å². The first kappa shape index (κ1) is 19.7. The minimum absolute atomic E-state index is 0. The van der Waals surface area contributed by atoms with Crippen molar-refractivity contribution in [3.8, 4) is 0 Å². The van der Waals surface area contributed by atoms with Gasteiger partial charge in [0.15, 0.2) is 0 Å². The predicted octanol–water partition coefficient (Wildman–Crippen LogP) is -0.135. The van der Waals surface area contributed by atoms with E-state index >= 15 is 0 Å². The van der Waals surface area contributed by atoms with Gasteiger partial charge < -0.3 is 21.1 Å². The van der Waals surface area contributed by atoms with E-state index in [1.54, 1.807) is 0 Å². The Morgan fingerprint density at radius 3 is 2.14 bits per heavy atom. The van der Waals surface area contributed by atoms with Gasteiger partial charge in [-0.1, -0.05) is 25.7 Å². The number of halogens is 1. The molecule has 0 unspecified atom stereocenters. The van der Waals surface area contributed by atoms with Crippen LogP contribution in [0.4, 0.5) is 0 Å². The third-order valence-corrected chi connectivity index (χ3v) is 3.54. The molecule has 0 atom stereocenters. The summed E-state index contributed by atoms with van der Waals surface area (Å²) in [6.07, 6.45) is 4.94. The van der Waals surface area contributed by atoms with Gasteiger partial charge in [0.05, 0.1) is 20.2 Å². The lowest BCUT2D eigenvalue weighted by Crippen LogP contribution is -2.56. The summed E-state index contributed by atoms with van der Waals surface area (Å²) in [7, 11) is 1.32. The first-order chi connectivity index (χ1) is 9.54. The summed E-state index contributed by atoms with van der Waals surface area (Å²) < 4.78 is 4.84. The summed E-state index contributed by atoms with van der Waals surface area (Å²) in [6.45, 7) is -0.357. The zero-order chi connectivity index (χ0) is 15.0. The average molecular weight is 322 g/mol. The molecule has 0 aliphatic heterocycles. The van der Waals surface area contributed by atoms with E-state index in [4.69, 9.17) is 10.5 Å². The number of hydrogen-bond donors (Lipinski definition) is 3. The van der Waals surface area contributed by atoms with Crippen molar-refractivity contribution in [1.29, 1.82) is 0 Å². The fourth-order valence-electron chi connectivity index (χ4n) is 2.47. The van der Waals surface area contributed by atoms with Gasteiger partial charge >= 0.3 is 5.97 Å². The number of hydrogen-bond acceptors (Lipinski definition) is 5. The molecule has 1 aliphatic rings. The highest BCUT2D eigenvalue weighted by atomic mass is 35.5. The molecule has 8 heteroatoms. The van der Waals surface area contributed by atoms with E-state index in [0.29, 0.717) is 12.8 Å². The standard InChI is InChI=1S/C13H23N3O4.ClH/c1-20-12(19)13(6-4-2-3-5-7-13)16-11(18)9-15-10(17)8-14;/h2-9,14H2,1H3,(H,15,17)(H,16,18);1H. The number of ether oxygens (including phenoxy) is 1. The maximum absolute atomic E-state index is 12.0. The van der Waals surface area contributed by atoms with Crippen LogP contribution in [0.25, 0.3) is 0 Å². The molecule has 122 valence electrons. The number of amides is 2. The molecule has 0 bridgehead atoms. The molecule has 1 aliphatic carbocycles. The molecule has 0 aromatic rings. The number of nitrogens with one attached hydrogen (secondary N) is 2. The van der Waals surface area contributed by atoms with Crippen molar-refractivity contribution in [2.75, 3.05) is 20.2 Å². The van der Waals surface area contributed by atoms with Crippen LogP contribution < -0.4 is 16.4 Å². The van der Waals surface area contributed by atoms with E-state index in [0.717, 1.165) is 25.7 Å². The molecule has 0 aromatic heterocycles. The normalized spacial score (nSPS) is 16.9. The van der Waals surface area contributed by atoms with Crippen LogP contribution in [0.5, 0.6) is 0 Å². The Labute approximate surface area is 130 Å². The fraction of sp³-hybridized carbons (Fsp3) is 0.769. The van der Waals surface area contributed by atoms with Crippen LogP contribution in [0.1, 0.15) is 38.5 Å². The Morgan fingerprint density at radius 2 is 1.67 bits per heavy atom. The van der Waals surface area contributed by atoms with E-state index in [1.807, 2.05) is 0 Å². The molecular weight excluding hydrogens is 298 g/mol. The first-order valence-corrected chi connectivity index (χ1v) is 6.90. The summed E-state index contributed by atoms with van der Waals surface area (Å²) in [5, 5.41) is 5.12. The van der Waals surface area contributed by atoms with Crippen molar-refractivity contribution in [3.05, 3.63) is 0 Å². The van der Waals surface area contributed by atoms with E-state index in [2.05, 4.69) is 10.6 Å². The molecule has 1 saturated carbocycles. The van der Waals surface area contributed by atoms with Crippen molar-refractivity contribution < 1.29 is 19.1 Å².